The standard InChI is InChI=1S/C4H11Si.C3H5.Zn/c1-5(2,3)4;1-3-2;/h1H2,2-4H3;3H,1-2H2;/q2*-1;+2. The first-order chi connectivity index (χ1) is 3.41. The Morgan fingerprint density at radius 2 is 1.33 bits per heavy atom. The maximum atomic E-state index is 3.91. The van der Waals surface area contributed by atoms with E-state index in [1.165, 1.54) is 6.08 Å². The molecule has 0 aliphatic rings. The molecule has 9 heavy (non-hydrogen) atoms. The minimum atomic E-state index is -0.861. The van der Waals surface area contributed by atoms with Gasteiger partial charge in [-0.05, 0) is 0 Å². The Kier molecular flexibility index (Phi) is 15.2. The van der Waals surface area contributed by atoms with Crippen LogP contribution in [0.25, 0.3) is 0 Å². The molecule has 0 saturated heterocycles. The molecule has 0 heterocycles. The summed E-state index contributed by atoms with van der Waals surface area (Å²) < 4.78 is 0. The van der Waals surface area contributed by atoms with Gasteiger partial charge in [0.1, 0.15) is 0 Å². The second-order valence-electron chi connectivity index (χ2n) is 2.85. The van der Waals surface area contributed by atoms with E-state index in [-0.39, 0.29) is 19.5 Å². The minimum absolute atomic E-state index is 0. The Morgan fingerprint density at radius 1 is 1.33 bits per heavy atom. The number of hydrogen-bond donors (Lipinski definition) is 0. The third kappa shape index (κ3) is 1730. The van der Waals surface area contributed by atoms with Crippen molar-refractivity contribution < 1.29 is 19.5 Å². The van der Waals surface area contributed by atoms with Crippen molar-refractivity contribution in [1.82, 2.24) is 0 Å². The van der Waals surface area contributed by atoms with Crippen molar-refractivity contribution in [2.75, 3.05) is 0 Å². The molecule has 0 unspecified atom stereocenters. The average molecular weight is 194 g/mol. The fourth-order valence-electron chi connectivity index (χ4n) is 0. The molecule has 0 N–H and O–H groups in total. The van der Waals surface area contributed by atoms with Gasteiger partial charge in [0.05, 0.1) is 0 Å². The van der Waals surface area contributed by atoms with Gasteiger partial charge in [-0.25, -0.2) is 19.6 Å². The smallest absolute Gasteiger partial charge is 0.342 e. The van der Waals surface area contributed by atoms with E-state index in [1.54, 1.807) is 0 Å². The molecule has 0 aromatic rings. The molecular formula is C7H16SiZn. The van der Waals surface area contributed by atoms with E-state index in [2.05, 4.69) is 39.7 Å². The summed E-state index contributed by atoms with van der Waals surface area (Å²) in [5, 5.41) is 0. The molecule has 50 valence electrons. The fraction of sp³-hybridized carbons (Fsp3) is 0.429. The molecule has 2 heteroatoms. The van der Waals surface area contributed by atoms with E-state index < -0.39 is 8.07 Å². The van der Waals surface area contributed by atoms with Crippen LogP contribution in [0.2, 0.25) is 19.6 Å². The Balaban J connectivity index is -0.0000000800. The number of allylic oxidation sites excluding steroid dienone is 1. The first-order valence-corrected chi connectivity index (χ1v) is 6.38. The molecule has 0 radical (unpaired) electrons. The molecule has 0 saturated carbocycles. The molecule has 0 rings (SSSR count). The molecule has 0 aliphatic carbocycles. The normalized spacial score (nSPS) is 8.00. The Morgan fingerprint density at radius 3 is 1.33 bits per heavy atom. The zero-order valence-electron chi connectivity index (χ0n) is 6.91. The quantitative estimate of drug-likeness (QED) is 0.410. The Bertz CT molecular complexity index is 48.4. The van der Waals surface area contributed by atoms with Crippen LogP contribution in [0.1, 0.15) is 0 Å². The monoisotopic (exact) mass is 192 g/mol. The molecule has 0 aromatic heterocycles. The predicted molar refractivity (Wildman–Crippen MR) is 44.3 cm³/mol. The first-order valence-electron chi connectivity index (χ1n) is 2.67. The summed E-state index contributed by atoms with van der Waals surface area (Å²) in [4.78, 5) is 0. The second-order valence-corrected chi connectivity index (χ2v) is 7.97. The fourth-order valence-corrected chi connectivity index (χ4v) is 0. The number of hydrogen-bond acceptors (Lipinski definition) is 0. The first kappa shape index (κ1) is 16.2. The van der Waals surface area contributed by atoms with Crippen molar-refractivity contribution in [2.24, 2.45) is 0 Å². The van der Waals surface area contributed by atoms with Crippen LogP contribution in [0, 0.1) is 13.5 Å². The van der Waals surface area contributed by atoms with Gasteiger partial charge in [0.2, 0.25) is 0 Å². The van der Waals surface area contributed by atoms with Crippen LogP contribution in [0.15, 0.2) is 12.7 Å². The van der Waals surface area contributed by atoms with Crippen LogP contribution in [0.5, 0.6) is 0 Å². The maximum absolute atomic E-state index is 3.91. The third-order valence-electron chi connectivity index (χ3n) is 0. The van der Waals surface area contributed by atoms with E-state index in [1.807, 2.05) is 0 Å². The van der Waals surface area contributed by atoms with Gasteiger partial charge in [-0.1, -0.05) is 19.6 Å². The van der Waals surface area contributed by atoms with Crippen LogP contribution >= 0.6 is 0 Å². The van der Waals surface area contributed by atoms with Crippen LogP contribution in [-0.2, 0) is 19.5 Å². The molecule has 0 bridgehead atoms. The zero-order valence-corrected chi connectivity index (χ0v) is 10.9. The van der Waals surface area contributed by atoms with Crippen LogP contribution < -0.4 is 0 Å². The van der Waals surface area contributed by atoms with Crippen molar-refractivity contribution in [2.45, 2.75) is 19.6 Å². The summed E-state index contributed by atoms with van der Waals surface area (Å²) in [6.07, 6.45) is 1.50. The van der Waals surface area contributed by atoms with Crippen molar-refractivity contribution in [3.63, 3.8) is 0 Å². The Labute approximate surface area is 73.5 Å². The molecular weight excluding hydrogens is 178 g/mol. The minimum Gasteiger partial charge on any atom is -0.342 e. The van der Waals surface area contributed by atoms with Gasteiger partial charge in [0.25, 0.3) is 0 Å². The third-order valence-corrected chi connectivity index (χ3v) is 0. The summed E-state index contributed by atoms with van der Waals surface area (Å²) in [5.41, 5.74) is 0. The average Bonchev–Trinajstić information content (AvgIpc) is 1.27. The number of rotatable bonds is 0. The summed E-state index contributed by atoms with van der Waals surface area (Å²) in [6.45, 7) is 17.1. The van der Waals surface area contributed by atoms with E-state index in [9.17, 15) is 0 Å². The van der Waals surface area contributed by atoms with Crippen molar-refractivity contribution >= 4 is 8.07 Å². The molecule has 0 aromatic carbocycles. The SMILES string of the molecule is C=C[CH2-].[CH2-][Si](C)(C)C.[Zn+2]. The summed E-state index contributed by atoms with van der Waals surface area (Å²) in [7, 11) is -0.861. The van der Waals surface area contributed by atoms with Crippen LogP contribution in [-0.4, -0.2) is 8.07 Å². The molecule has 0 spiro atoms. The molecule has 0 nitrogen and oxygen atoms in total. The topological polar surface area (TPSA) is 0 Å². The van der Waals surface area contributed by atoms with Gasteiger partial charge in [-0.3, -0.25) is 0 Å². The van der Waals surface area contributed by atoms with Crippen molar-refractivity contribution in [3.05, 3.63) is 26.1 Å². The zero-order chi connectivity index (χ0) is 7.21. The van der Waals surface area contributed by atoms with Gasteiger partial charge in [0.15, 0.2) is 0 Å². The summed E-state index contributed by atoms with van der Waals surface area (Å²) >= 11 is 0. The summed E-state index contributed by atoms with van der Waals surface area (Å²) in [5.74, 6) is 0. The van der Waals surface area contributed by atoms with Crippen molar-refractivity contribution in [1.29, 1.82) is 0 Å². The van der Waals surface area contributed by atoms with E-state index in [0.29, 0.717) is 0 Å². The van der Waals surface area contributed by atoms with Crippen LogP contribution in [0.3, 0.4) is 0 Å². The molecule has 0 aliphatic heterocycles. The molecule has 0 amide bonds. The molecule has 0 fully saturated rings. The maximum Gasteiger partial charge on any atom is 2.00 e. The van der Waals surface area contributed by atoms with E-state index >= 15 is 0 Å². The largest absolute Gasteiger partial charge is 2.00 e. The Hall–Kier alpha value is 0.450. The van der Waals surface area contributed by atoms with E-state index in [4.69, 9.17) is 0 Å². The molecule has 0 atom stereocenters. The van der Waals surface area contributed by atoms with Gasteiger partial charge in [-0.15, -0.1) is 8.07 Å². The van der Waals surface area contributed by atoms with Crippen molar-refractivity contribution in [3.8, 4) is 0 Å². The second kappa shape index (κ2) is 8.45. The van der Waals surface area contributed by atoms with Gasteiger partial charge in [0, 0.05) is 0 Å². The van der Waals surface area contributed by atoms with Gasteiger partial charge >= 0.3 is 19.5 Å². The van der Waals surface area contributed by atoms with Crippen LogP contribution in [0.4, 0.5) is 0 Å². The predicted octanol–water partition coefficient (Wildman–Crippen LogP) is 2.70. The van der Waals surface area contributed by atoms with Gasteiger partial charge in [-0.2, -0.15) is 0 Å². The summed E-state index contributed by atoms with van der Waals surface area (Å²) in [6, 6.07) is 0. The van der Waals surface area contributed by atoms with Gasteiger partial charge < -0.3 is 6.55 Å². The van der Waals surface area contributed by atoms with E-state index in [0.717, 1.165) is 0 Å².